The van der Waals surface area contributed by atoms with Crippen molar-refractivity contribution in [1.29, 1.82) is 0 Å². The molecule has 0 saturated carbocycles. The van der Waals surface area contributed by atoms with Gasteiger partial charge in [-0.3, -0.25) is 4.79 Å². The van der Waals surface area contributed by atoms with Crippen molar-refractivity contribution >= 4 is 5.91 Å². The molecule has 0 aromatic heterocycles. The maximum absolute atomic E-state index is 11.6. The van der Waals surface area contributed by atoms with Crippen molar-refractivity contribution in [1.82, 2.24) is 10.2 Å². The lowest BCUT2D eigenvalue weighted by atomic mass is 9.92. The monoisotopic (exact) mass is 241 g/mol. The van der Waals surface area contributed by atoms with Crippen LogP contribution in [0.15, 0.2) is 0 Å². The summed E-state index contributed by atoms with van der Waals surface area (Å²) in [5.41, 5.74) is 4.97. The molecule has 1 aliphatic heterocycles. The van der Waals surface area contributed by atoms with Gasteiger partial charge in [0.15, 0.2) is 0 Å². The van der Waals surface area contributed by atoms with Gasteiger partial charge in [-0.1, -0.05) is 6.92 Å². The first-order valence-corrected chi connectivity index (χ1v) is 6.78. The molecule has 0 spiro atoms. The molecule has 1 aliphatic rings. The van der Waals surface area contributed by atoms with E-state index in [0.29, 0.717) is 6.04 Å². The molecular formula is C13H27N3O. The van der Waals surface area contributed by atoms with Crippen LogP contribution in [0.1, 0.15) is 46.5 Å². The average Bonchev–Trinajstić information content (AvgIpc) is 2.79. The van der Waals surface area contributed by atoms with E-state index in [9.17, 15) is 4.79 Å². The van der Waals surface area contributed by atoms with E-state index in [4.69, 9.17) is 5.73 Å². The molecule has 0 aromatic carbocycles. The molecule has 1 rings (SSSR count). The third kappa shape index (κ3) is 3.96. The SMILES string of the molecule is CCCNC(C)(CC(C)N1CCCC1)C(N)=O. The zero-order valence-corrected chi connectivity index (χ0v) is 11.5. The highest BCUT2D eigenvalue weighted by atomic mass is 16.1. The number of hydrogen-bond donors (Lipinski definition) is 2. The zero-order chi connectivity index (χ0) is 12.9. The topological polar surface area (TPSA) is 58.4 Å². The number of carbonyl (C=O) groups is 1. The van der Waals surface area contributed by atoms with Crippen LogP contribution in [-0.2, 0) is 4.79 Å². The summed E-state index contributed by atoms with van der Waals surface area (Å²) < 4.78 is 0. The molecule has 3 N–H and O–H groups in total. The minimum atomic E-state index is -0.571. The van der Waals surface area contributed by atoms with Crippen LogP contribution in [0.2, 0.25) is 0 Å². The van der Waals surface area contributed by atoms with E-state index in [0.717, 1.165) is 32.5 Å². The first-order valence-electron chi connectivity index (χ1n) is 6.78. The number of nitrogens with one attached hydrogen (secondary N) is 1. The summed E-state index contributed by atoms with van der Waals surface area (Å²) in [6.45, 7) is 9.37. The van der Waals surface area contributed by atoms with Gasteiger partial charge in [0, 0.05) is 6.04 Å². The van der Waals surface area contributed by atoms with E-state index in [1.807, 2.05) is 6.92 Å². The summed E-state index contributed by atoms with van der Waals surface area (Å²) in [5.74, 6) is -0.239. The highest BCUT2D eigenvalue weighted by Crippen LogP contribution is 2.20. The molecule has 0 bridgehead atoms. The van der Waals surface area contributed by atoms with Crippen molar-refractivity contribution < 1.29 is 4.79 Å². The fraction of sp³-hybridized carbons (Fsp3) is 0.923. The van der Waals surface area contributed by atoms with E-state index in [2.05, 4.69) is 24.1 Å². The Hall–Kier alpha value is -0.610. The van der Waals surface area contributed by atoms with E-state index >= 15 is 0 Å². The Morgan fingerprint density at radius 2 is 2.06 bits per heavy atom. The fourth-order valence-corrected chi connectivity index (χ4v) is 2.56. The fourth-order valence-electron chi connectivity index (χ4n) is 2.56. The van der Waals surface area contributed by atoms with Gasteiger partial charge in [0.2, 0.25) is 5.91 Å². The Labute approximate surface area is 105 Å². The molecule has 4 heteroatoms. The van der Waals surface area contributed by atoms with Crippen molar-refractivity contribution in [3.8, 4) is 0 Å². The van der Waals surface area contributed by atoms with Crippen LogP contribution in [0.4, 0.5) is 0 Å². The average molecular weight is 241 g/mol. The third-order valence-electron chi connectivity index (χ3n) is 3.78. The number of likely N-dealkylation sites (tertiary alicyclic amines) is 1. The van der Waals surface area contributed by atoms with Crippen LogP contribution in [-0.4, -0.2) is 42.0 Å². The largest absolute Gasteiger partial charge is 0.368 e. The van der Waals surface area contributed by atoms with Crippen LogP contribution in [0, 0.1) is 0 Å². The van der Waals surface area contributed by atoms with Gasteiger partial charge in [-0.15, -0.1) is 0 Å². The number of nitrogens with zero attached hydrogens (tertiary/aromatic N) is 1. The molecule has 0 aliphatic carbocycles. The second-order valence-corrected chi connectivity index (χ2v) is 5.42. The smallest absolute Gasteiger partial charge is 0.237 e. The second-order valence-electron chi connectivity index (χ2n) is 5.42. The molecule has 0 aromatic rings. The Morgan fingerprint density at radius 3 is 2.53 bits per heavy atom. The first-order chi connectivity index (χ1) is 7.99. The van der Waals surface area contributed by atoms with Crippen LogP contribution < -0.4 is 11.1 Å². The Kier molecular flexibility index (Phi) is 5.40. The summed E-state index contributed by atoms with van der Waals surface area (Å²) in [5, 5.41) is 3.30. The predicted molar refractivity (Wildman–Crippen MR) is 70.8 cm³/mol. The van der Waals surface area contributed by atoms with Gasteiger partial charge >= 0.3 is 0 Å². The van der Waals surface area contributed by atoms with Gasteiger partial charge in [0.1, 0.15) is 0 Å². The molecule has 17 heavy (non-hydrogen) atoms. The Morgan fingerprint density at radius 1 is 1.47 bits per heavy atom. The predicted octanol–water partition coefficient (Wildman–Crippen LogP) is 1.10. The maximum Gasteiger partial charge on any atom is 0.237 e. The van der Waals surface area contributed by atoms with E-state index in [-0.39, 0.29) is 5.91 Å². The Balaban J connectivity index is 2.55. The number of amides is 1. The molecule has 4 nitrogen and oxygen atoms in total. The van der Waals surface area contributed by atoms with Gasteiger partial charge < -0.3 is 16.0 Å². The number of carbonyl (C=O) groups excluding carboxylic acids is 1. The van der Waals surface area contributed by atoms with E-state index < -0.39 is 5.54 Å². The van der Waals surface area contributed by atoms with Crippen molar-refractivity contribution in [2.24, 2.45) is 5.73 Å². The summed E-state index contributed by atoms with van der Waals surface area (Å²) in [6, 6.07) is 0.416. The maximum atomic E-state index is 11.6. The zero-order valence-electron chi connectivity index (χ0n) is 11.5. The van der Waals surface area contributed by atoms with Gasteiger partial charge in [0.05, 0.1) is 5.54 Å². The summed E-state index contributed by atoms with van der Waals surface area (Å²) in [7, 11) is 0. The molecule has 1 heterocycles. The van der Waals surface area contributed by atoms with E-state index in [1.54, 1.807) is 0 Å². The molecule has 1 amide bonds. The van der Waals surface area contributed by atoms with Gasteiger partial charge in [-0.2, -0.15) is 0 Å². The van der Waals surface area contributed by atoms with Crippen molar-refractivity contribution in [3.05, 3.63) is 0 Å². The number of primary amides is 1. The van der Waals surface area contributed by atoms with Crippen LogP contribution in [0.3, 0.4) is 0 Å². The summed E-state index contributed by atoms with van der Waals surface area (Å²) >= 11 is 0. The minimum Gasteiger partial charge on any atom is -0.368 e. The lowest BCUT2D eigenvalue weighted by molar-refractivity contribution is -0.124. The molecule has 2 unspecified atom stereocenters. The first kappa shape index (κ1) is 14.5. The Bertz CT molecular complexity index is 251. The van der Waals surface area contributed by atoms with Crippen LogP contribution in [0.25, 0.3) is 0 Å². The molecule has 2 atom stereocenters. The van der Waals surface area contributed by atoms with Crippen molar-refractivity contribution in [2.45, 2.75) is 58.0 Å². The molecule has 1 saturated heterocycles. The molecule has 1 fully saturated rings. The van der Waals surface area contributed by atoms with Gasteiger partial charge in [-0.05, 0) is 59.2 Å². The van der Waals surface area contributed by atoms with Crippen LogP contribution >= 0.6 is 0 Å². The van der Waals surface area contributed by atoms with Gasteiger partial charge in [-0.25, -0.2) is 0 Å². The molecule has 0 radical (unpaired) electrons. The van der Waals surface area contributed by atoms with E-state index in [1.165, 1.54) is 12.8 Å². The third-order valence-corrected chi connectivity index (χ3v) is 3.78. The minimum absolute atomic E-state index is 0.239. The number of hydrogen-bond acceptors (Lipinski definition) is 3. The lowest BCUT2D eigenvalue weighted by Gasteiger charge is -2.34. The lowest BCUT2D eigenvalue weighted by Crippen LogP contribution is -2.56. The highest BCUT2D eigenvalue weighted by Gasteiger charge is 2.34. The van der Waals surface area contributed by atoms with Crippen molar-refractivity contribution in [3.63, 3.8) is 0 Å². The van der Waals surface area contributed by atoms with Crippen molar-refractivity contribution in [2.75, 3.05) is 19.6 Å². The highest BCUT2D eigenvalue weighted by molar-refractivity contribution is 5.84. The van der Waals surface area contributed by atoms with Crippen LogP contribution in [0.5, 0.6) is 0 Å². The summed E-state index contributed by atoms with van der Waals surface area (Å²) in [6.07, 6.45) is 4.36. The normalized spacial score (nSPS) is 22.3. The van der Waals surface area contributed by atoms with Gasteiger partial charge in [0.25, 0.3) is 0 Å². The summed E-state index contributed by atoms with van der Waals surface area (Å²) in [4.78, 5) is 14.1. The second kappa shape index (κ2) is 6.36. The number of rotatable bonds is 7. The molecular weight excluding hydrogens is 214 g/mol. The number of nitrogens with two attached hydrogens (primary N) is 1. The quantitative estimate of drug-likeness (QED) is 0.702. The standard InChI is InChI=1S/C13H27N3O/c1-4-7-15-13(3,12(14)17)10-11(2)16-8-5-6-9-16/h11,15H,4-10H2,1-3H3,(H2,14,17). The molecule has 100 valence electrons.